The molecule has 0 spiro atoms. The summed E-state index contributed by atoms with van der Waals surface area (Å²) < 4.78 is 0. The van der Waals surface area contributed by atoms with Gasteiger partial charge in [-0.1, -0.05) is 6.07 Å². The molecule has 1 fully saturated rings. The zero-order valence-corrected chi connectivity index (χ0v) is 11.1. The Hall–Kier alpha value is -1.55. The predicted molar refractivity (Wildman–Crippen MR) is 71.2 cm³/mol. The van der Waals surface area contributed by atoms with Crippen LogP contribution in [0.5, 0.6) is 0 Å². The molecule has 1 unspecified atom stereocenters. The molecule has 1 aromatic rings. The van der Waals surface area contributed by atoms with E-state index < -0.39 is 0 Å². The third-order valence-electron chi connectivity index (χ3n) is 3.15. The number of nitrogens with one attached hydrogen (secondary N) is 1. The SMILES string of the molecule is CNC(=O)c1cccc(N2CC(Cl)CC2=O)c1C. The molecule has 0 radical (unpaired) electrons. The summed E-state index contributed by atoms with van der Waals surface area (Å²) in [5.74, 6) is -0.143. The molecule has 4 nitrogen and oxygen atoms in total. The van der Waals surface area contributed by atoms with Crippen molar-refractivity contribution in [2.24, 2.45) is 0 Å². The van der Waals surface area contributed by atoms with Crippen LogP contribution in [0.1, 0.15) is 22.3 Å². The van der Waals surface area contributed by atoms with Gasteiger partial charge in [-0.2, -0.15) is 0 Å². The molecule has 0 saturated carbocycles. The first-order chi connectivity index (χ1) is 8.54. The average molecular weight is 267 g/mol. The number of anilines is 1. The monoisotopic (exact) mass is 266 g/mol. The maximum absolute atomic E-state index is 11.8. The maximum Gasteiger partial charge on any atom is 0.251 e. The van der Waals surface area contributed by atoms with Gasteiger partial charge in [0.05, 0.1) is 5.38 Å². The quantitative estimate of drug-likeness (QED) is 0.829. The molecule has 5 heteroatoms. The Bertz CT molecular complexity index is 502. The minimum Gasteiger partial charge on any atom is -0.355 e. The third-order valence-corrected chi connectivity index (χ3v) is 3.44. The maximum atomic E-state index is 11.8. The Morgan fingerprint density at radius 1 is 1.50 bits per heavy atom. The molecule has 1 aromatic carbocycles. The van der Waals surface area contributed by atoms with Crippen LogP contribution in [0.4, 0.5) is 5.69 Å². The number of carbonyl (C=O) groups excluding carboxylic acids is 2. The predicted octanol–water partition coefficient (Wildman–Crippen LogP) is 1.70. The van der Waals surface area contributed by atoms with Crippen molar-refractivity contribution in [2.45, 2.75) is 18.7 Å². The van der Waals surface area contributed by atoms with Crippen molar-refractivity contribution in [1.82, 2.24) is 5.32 Å². The molecule has 2 amide bonds. The smallest absolute Gasteiger partial charge is 0.251 e. The standard InChI is InChI=1S/C13H15ClN2O2/c1-8-10(13(18)15-2)4-3-5-11(8)16-7-9(14)6-12(16)17/h3-5,9H,6-7H2,1-2H3,(H,15,18). The fraction of sp³-hybridized carbons (Fsp3) is 0.385. The molecule has 0 aliphatic carbocycles. The molecular formula is C13H15ClN2O2. The van der Waals surface area contributed by atoms with E-state index in [-0.39, 0.29) is 17.2 Å². The van der Waals surface area contributed by atoms with Gasteiger partial charge in [-0.15, -0.1) is 11.6 Å². The van der Waals surface area contributed by atoms with Crippen LogP contribution in [0.2, 0.25) is 0 Å². The first kappa shape index (κ1) is 12.9. The molecule has 2 rings (SSSR count). The molecule has 1 heterocycles. The van der Waals surface area contributed by atoms with E-state index in [1.807, 2.05) is 13.0 Å². The van der Waals surface area contributed by atoms with Crippen LogP contribution < -0.4 is 10.2 Å². The van der Waals surface area contributed by atoms with Gasteiger partial charge in [0.15, 0.2) is 0 Å². The number of benzene rings is 1. The Labute approximate surface area is 111 Å². The summed E-state index contributed by atoms with van der Waals surface area (Å²) in [5.41, 5.74) is 2.15. The summed E-state index contributed by atoms with van der Waals surface area (Å²) in [6, 6.07) is 5.37. The van der Waals surface area contributed by atoms with Crippen molar-refractivity contribution in [3.8, 4) is 0 Å². The number of carbonyl (C=O) groups is 2. The summed E-state index contributed by atoms with van der Waals surface area (Å²) in [7, 11) is 1.59. The summed E-state index contributed by atoms with van der Waals surface area (Å²) in [5, 5.41) is 2.44. The summed E-state index contributed by atoms with van der Waals surface area (Å²) in [6.45, 7) is 2.34. The second-order valence-electron chi connectivity index (χ2n) is 4.33. The van der Waals surface area contributed by atoms with Crippen molar-refractivity contribution in [1.29, 1.82) is 0 Å². The second-order valence-corrected chi connectivity index (χ2v) is 4.95. The molecule has 1 saturated heterocycles. The van der Waals surface area contributed by atoms with E-state index >= 15 is 0 Å². The Morgan fingerprint density at radius 3 is 2.78 bits per heavy atom. The van der Waals surface area contributed by atoms with Gasteiger partial charge in [-0.3, -0.25) is 9.59 Å². The van der Waals surface area contributed by atoms with E-state index in [1.54, 1.807) is 24.1 Å². The number of rotatable bonds is 2. The number of alkyl halides is 1. The zero-order chi connectivity index (χ0) is 13.3. The van der Waals surface area contributed by atoms with Gasteiger partial charge in [0.2, 0.25) is 5.91 Å². The van der Waals surface area contributed by atoms with Gasteiger partial charge >= 0.3 is 0 Å². The van der Waals surface area contributed by atoms with E-state index in [4.69, 9.17) is 11.6 Å². The van der Waals surface area contributed by atoms with Crippen LogP contribution in [0.15, 0.2) is 18.2 Å². The van der Waals surface area contributed by atoms with Crippen molar-refractivity contribution in [2.75, 3.05) is 18.5 Å². The van der Waals surface area contributed by atoms with Gasteiger partial charge < -0.3 is 10.2 Å². The molecule has 96 valence electrons. The first-order valence-electron chi connectivity index (χ1n) is 5.80. The van der Waals surface area contributed by atoms with Crippen molar-refractivity contribution >= 4 is 29.1 Å². The molecular weight excluding hydrogens is 252 g/mol. The Morgan fingerprint density at radius 2 is 2.22 bits per heavy atom. The topological polar surface area (TPSA) is 49.4 Å². The number of amides is 2. The summed E-state index contributed by atoms with van der Waals surface area (Å²) in [6.07, 6.45) is 0.352. The van der Waals surface area contributed by atoms with Crippen LogP contribution in [0, 0.1) is 6.92 Å². The molecule has 1 aliphatic heterocycles. The zero-order valence-electron chi connectivity index (χ0n) is 10.4. The largest absolute Gasteiger partial charge is 0.355 e. The second kappa shape index (κ2) is 4.98. The number of halogens is 1. The lowest BCUT2D eigenvalue weighted by Crippen LogP contribution is -2.27. The van der Waals surface area contributed by atoms with Crippen LogP contribution in [-0.4, -0.2) is 30.8 Å². The highest BCUT2D eigenvalue weighted by Crippen LogP contribution is 2.28. The van der Waals surface area contributed by atoms with Crippen LogP contribution in [0.3, 0.4) is 0 Å². The van der Waals surface area contributed by atoms with Crippen molar-refractivity contribution in [3.63, 3.8) is 0 Å². The van der Waals surface area contributed by atoms with E-state index in [2.05, 4.69) is 5.32 Å². The highest BCUT2D eigenvalue weighted by Gasteiger charge is 2.30. The van der Waals surface area contributed by atoms with Crippen LogP contribution >= 0.6 is 11.6 Å². The first-order valence-corrected chi connectivity index (χ1v) is 6.24. The average Bonchev–Trinajstić information content (AvgIpc) is 2.68. The molecule has 18 heavy (non-hydrogen) atoms. The number of hydrogen-bond acceptors (Lipinski definition) is 2. The minimum absolute atomic E-state index is 0.00663. The van der Waals surface area contributed by atoms with Gasteiger partial charge in [0.1, 0.15) is 0 Å². The molecule has 0 aromatic heterocycles. The third kappa shape index (κ3) is 2.20. The minimum atomic E-state index is -0.152. The highest BCUT2D eigenvalue weighted by atomic mass is 35.5. The lowest BCUT2D eigenvalue weighted by molar-refractivity contribution is -0.117. The van der Waals surface area contributed by atoms with Crippen molar-refractivity contribution < 1.29 is 9.59 Å². The van der Waals surface area contributed by atoms with E-state index in [1.165, 1.54) is 0 Å². The van der Waals surface area contributed by atoms with Gasteiger partial charge in [-0.05, 0) is 24.6 Å². The van der Waals surface area contributed by atoms with Gasteiger partial charge in [0.25, 0.3) is 5.91 Å². The normalized spacial score (nSPS) is 19.2. The van der Waals surface area contributed by atoms with E-state index in [0.717, 1.165) is 11.3 Å². The highest BCUT2D eigenvalue weighted by molar-refractivity contribution is 6.24. The lowest BCUT2D eigenvalue weighted by atomic mass is 10.1. The Kier molecular flexibility index (Phi) is 3.57. The fourth-order valence-corrected chi connectivity index (χ4v) is 2.46. The van der Waals surface area contributed by atoms with E-state index in [9.17, 15) is 9.59 Å². The van der Waals surface area contributed by atoms with E-state index in [0.29, 0.717) is 18.5 Å². The molecule has 1 atom stereocenters. The number of hydrogen-bond donors (Lipinski definition) is 1. The Balaban J connectivity index is 2.40. The van der Waals surface area contributed by atoms with Crippen LogP contribution in [0.25, 0.3) is 0 Å². The van der Waals surface area contributed by atoms with Gasteiger partial charge in [-0.25, -0.2) is 0 Å². The van der Waals surface area contributed by atoms with Crippen LogP contribution in [-0.2, 0) is 4.79 Å². The number of nitrogens with zero attached hydrogens (tertiary/aromatic N) is 1. The van der Waals surface area contributed by atoms with Crippen molar-refractivity contribution in [3.05, 3.63) is 29.3 Å². The summed E-state index contributed by atoms with van der Waals surface area (Å²) in [4.78, 5) is 25.2. The molecule has 1 N–H and O–H groups in total. The lowest BCUT2D eigenvalue weighted by Gasteiger charge is -2.20. The van der Waals surface area contributed by atoms with Gasteiger partial charge in [0, 0.05) is 31.3 Å². The molecule has 1 aliphatic rings. The fourth-order valence-electron chi connectivity index (χ4n) is 2.19. The molecule has 0 bridgehead atoms. The summed E-state index contributed by atoms with van der Waals surface area (Å²) >= 11 is 5.99.